The number of likely N-dealkylation sites (tertiary alicyclic amines) is 1. The molecule has 2 aromatic carbocycles. The molecule has 2 fully saturated rings. The Hall–Kier alpha value is -2.90. The van der Waals surface area contributed by atoms with Gasteiger partial charge in [-0.25, -0.2) is 4.98 Å². The molecule has 1 saturated heterocycles. The van der Waals surface area contributed by atoms with Crippen molar-refractivity contribution in [2.75, 3.05) is 19.7 Å². The summed E-state index contributed by atoms with van der Waals surface area (Å²) in [7, 11) is 0. The summed E-state index contributed by atoms with van der Waals surface area (Å²) in [5, 5.41) is 4.57. The van der Waals surface area contributed by atoms with Crippen molar-refractivity contribution in [3.63, 3.8) is 0 Å². The van der Waals surface area contributed by atoms with Crippen LogP contribution in [0.3, 0.4) is 0 Å². The maximum atomic E-state index is 13.7. The molecule has 34 heavy (non-hydrogen) atoms. The Bertz CT molecular complexity index is 1310. The number of aryl methyl sites for hydroxylation is 1. The number of ether oxygens (including phenoxy) is 1. The monoisotopic (exact) mass is 493 g/mol. The van der Waals surface area contributed by atoms with Crippen LogP contribution < -0.4 is 10.1 Å². The minimum absolute atomic E-state index is 0.0244. The maximum Gasteiger partial charge on any atom is 0.274 e. The number of nitrogens with zero attached hydrogens (tertiary/aromatic N) is 2. The van der Waals surface area contributed by atoms with Gasteiger partial charge < -0.3 is 15.0 Å². The summed E-state index contributed by atoms with van der Waals surface area (Å²) < 4.78 is 5.60. The van der Waals surface area contributed by atoms with Crippen molar-refractivity contribution in [2.45, 2.75) is 25.8 Å². The van der Waals surface area contributed by atoms with Gasteiger partial charge in [0.2, 0.25) is 0 Å². The lowest BCUT2D eigenvalue weighted by atomic mass is 10.0. The van der Waals surface area contributed by atoms with Gasteiger partial charge in [0.05, 0.1) is 22.5 Å². The van der Waals surface area contributed by atoms with Crippen LogP contribution >= 0.6 is 22.9 Å². The number of rotatable bonds is 5. The minimum Gasteiger partial charge on any atom is -0.493 e. The van der Waals surface area contributed by atoms with E-state index in [9.17, 15) is 9.59 Å². The molecule has 0 radical (unpaired) electrons. The summed E-state index contributed by atoms with van der Waals surface area (Å²) >= 11 is 7.71. The van der Waals surface area contributed by atoms with Gasteiger partial charge in [-0.15, -0.1) is 11.3 Å². The third-order valence-corrected chi connectivity index (χ3v) is 8.30. The van der Waals surface area contributed by atoms with E-state index in [-0.39, 0.29) is 17.9 Å². The van der Waals surface area contributed by atoms with Crippen molar-refractivity contribution in [1.82, 2.24) is 15.2 Å². The number of carbonyl (C=O) groups is 2. The Morgan fingerprint density at radius 3 is 2.97 bits per heavy atom. The molecule has 1 aromatic heterocycles. The third-order valence-electron chi connectivity index (χ3n) is 7.05. The van der Waals surface area contributed by atoms with Crippen LogP contribution in [0.5, 0.6) is 5.75 Å². The van der Waals surface area contributed by atoms with Crippen LogP contribution in [0.2, 0.25) is 5.02 Å². The maximum absolute atomic E-state index is 13.7. The number of thiazole rings is 1. The summed E-state index contributed by atoms with van der Waals surface area (Å²) in [5.74, 6) is 1.56. The van der Waals surface area contributed by atoms with Crippen molar-refractivity contribution in [1.29, 1.82) is 0 Å². The highest BCUT2D eigenvalue weighted by atomic mass is 35.5. The van der Waals surface area contributed by atoms with Gasteiger partial charge in [-0.2, -0.15) is 0 Å². The molecule has 0 unspecified atom stereocenters. The number of carbonyl (C=O) groups excluding carboxylic acids is 2. The normalized spacial score (nSPS) is 22.2. The van der Waals surface area contributed by atoms with E-state index in [1.54, 1.807) is 0 Å². The Kier molecular flexibility index (Phi) is 5.34. The Morgan fingerprint density at radius 1 is 1.26 bits per heavy atom. The van der Waals surface area contributed by atoms with Gasteiger partial charge in [-0.3, -0.25) is 9.59 Å². The SMILES string of the molecule is Cc1nc(C(=O)N2C[C@H]3C[C@H]3[C@H]2CNC(=O)c2cccc3c2CCO3)c(-c2cccc(Cl)c2)s1. The van der Waals surface area contributed by atoms with E-state index in [2.05, 4.69) is 10.3 Å². The lowest BCUT2D eigenvalue weighted by molar-refractivity contribution is 0.0690. The first-order valence-corrected chi connectivity index (χ1v) is 12.8. The molecule has 3 aliphatic rings. The molecule has 3 heterocycles. The predicted molar refractivity (Wildman–Crippen MR) is 132 cm³/mol. The first-order valence-electron chi connectivity index (χ1n) is 11.6. The molecule has 0 bridgehead atoms. The predicted octanol–water partition coefficient (Wildman–Crippen LogP) is 4.60. The number of benzene rings is 2. The number of hydrogen-bond donors (Lipinski definition) is 1. The van der Waals surface area contributed by atoms with E-state index in [1.165, 1.54) is 11.3 Å². The summed E-state index contributed by atoms with van der Waals surface area (Å²) in [6.45, 7) is 3.67. The van der Waals surface area contributed by atoms with Crippen LogP contribution in [0.1, 0.15) is 37.8 Å². The zero-order valence-corrected chi connectivity index (χ0v) is 20.3. The average Bonchev–Trinajstić information content (AvgIpc) is 3.16. The fourth-order valence-corrected chi connectivity index (χ4v) is 6.42. The molecular formula is C26H24ClN3O3S. The summed E-state index contributed by atoms with van der Waals surface area (Å²) in [6, 6.07) is 13.1. The van der Waals surface area contributed by atoms with E-state index in [0.717, 1.165) is 39.6 Å². The molecule has 6 rings (SSSR count). The number of fused-ring (bicyclic) bond motifs is 2. The van der Waals surface area contributed by atoms with Crippen LogP contribution in [0.15, 0.2) is 42.5 Å². The van der Waals surface area contributed by atoms with Gasteiger partial charge in [0.1, 0.15) is 11.4 Å². The topological polar surface area (TPSA) is 71.5 Å². The van der Waals surface area contributed by atoms with Crippen LogP contribution in [-0.2, 0) is 6.42 Å². The molecule has 6 nitrogen and oxygen atoms in total. The molecule has 1 aliphatic carbocycles. The fourth-order valence-electron chi connectivity index (χ4n) is 5.33. The van der Waals surface area contributed by atoms with Crippen LogP contribution in [0.25, 0.3) is 10.4 Å². The smallest absolute Gasteiger partial charge is 0.274 e. The van der Waals surface area contributed by atoms with E-state index >= 15 is 0 Å². The molecule has 3 atom stereocenters. The average molecular weight is 494 g/mol. The number of halogens is 1. The van der Waals surface area contributed by atoms with E-state index in [0.29, 0.717) is 47.8 Å². The number of nitrogens with one attached hydrogen (secondary N) is 1. The van der Waals surface area contributed by atoms with Gasteiger partial charge in [-0.05, 0) is 55.0 Å². The van der Waals surface area contributed by atoms with Crippen molar-refractivity contribution < 1.29 is 14.3 Å². The van der Waals surface area contributed by atoms with Gasteiger partial charge in [0, 0.05) is 35.7 Å². The first kappa shape index (κ1) is 21.6. The molecular weight excluding hydrogens is 470 g/mol. The highest BCUT2D eigenvalue weighted by Crippen LogP contribution is 2.50. The largest absolute Gasteiger partial charge is 0.493 e. The number of aromatic nitrogens is 1. The molecule has 1 N–H and O–H groups in total. The van der Waals surface area contributed by atoms with Crippen LogP contribution in [0, 0.1) is 18.8 Å². The highest BCUT2D eigenvalue weighted by Gasteiger charge is 2.54. The Morgan fingerprint density at radius 2 is 2.12 bits per heavy atom. The van der Waals surface area contributed by atoms with E-state index in [1.807, 2.05) is 54.3 Å². The molecule has 8 heteroatoms. The summed E-state index contributed by atoms with van der Waals surface area (Å²) in [6.07, 6.45) is 1.85. The molecule has 2 amide bonds. The van der Waals surface area contributed by atoms with Gasteiger partial charge in [-0.1, -0.05) is 29.8 Å². The van der Waals surface area contributed by atoms with E-state index < -0.39 is 0 Å². The molecule has 2 aliphatic heterocycles. The molecule has 1 saturated carbocycles. The highest BCUT2D eigenvalue weighted by molar-refractivity contribution is 7.15. The third kappa shape index (κ3) is 3.77. The van der Waals surface area contributed by atoms with Crippen molar-refractivity contribution >= 4 is 34.8 Å². The first-order chi connectivity index (χ1) is 16.5. The standard InChI is InChI=1S/C26H24ClN3O3S/c1-14-29-23(24(34-14)15-4-2-5-17(27)10-15)26(32)30-13-16-11-20(16)21(30)12-28-25(31)19-6-3-7-22-18(19)8-9-33-22/h2-7,10,16,20-21H,8-9,11-13H2,1H3,(H,28,31)/t16-,20-,21-/m1/s1. The number of piperidine rings is 1. The van der Waals surface area contributed by atoms with Gasteiger partial charge in [0.25, 0.3) is 11.8 Å². The van der Waals surface area contributed by atoms with Crippen LogP contribution in [0.4, 0.5) is 0 Å². The second kappa shape index (κ2) is 8.40. The number of hydrogen-bond acceptors (Lipinski definition) is 5. The second-order valence-electron chi connectivity index (χ2n) is 9.20. The zero-order chi connectivity index (χ0) is 23.4. The molecule has 0 spiro atoms. The van der Waals surface area contributed by atoms with Gasteiger partial charge >= 0.3 is 0 Å². The lowest BCUT2D eigenvalue weighted by Gasteiger charge is -2.27. The van der Waals surface area contributed by atoms with Crippen molar-refractivity contribution in [3.8, 4) is 16.2 Å². The van der Waals surface area contributed by atoms with Crippen molar-refractivity contribution in [3.05, 3.63) is 69.3 Å². The van der Waals surface area contributed by atoms with Crippen LogP contribution in [-0.4, -0.2) is 47.4 Å². The Labute approximate surface area is 206 Å². The molecule has 3 aromatic rings. The number of amides is 2. The van der Waals surface area contributed by atoms with Gasteiger partial charge in [0.15, 0.2) is 0 Å². The summed E-state index contributed by atoms with van der Waals surface area (Å²) in [4.78, 5) is 34.1. The molecule has 174 valence electrons. The second-order valence-corrected chi connectivity index (χ2v) is 10.8. The Balaban J connectivity index is 1.22. The summed E-state index contributed by atoms with van der Waals surface area (Å²) in [5.41, 5.74) is 3.00. The minimum atomic E-state index is -0.108. The zero-order valence-electron chi connectivity index (χ0n) is 18.7. The van der Waals surface area contributed by atoms with Crippen molar-refractivity contribution in [2.24, 2.45) is 11.8 Å². The quantitative estimate of drug-likeness (QED) is 0.564. The lowest BCUT2D eigenvalue weighted by Crippen LogP contribution is -2.45. The van der Waals surface area contributed by atoms with E-state index in [4.69, 9.17) is 16.3 Å². The fraction of sp³-hybridized carbons (Fsp3) is 0.346.